The number of amides is 2. The van der Waals surface area contributed by atoms with Gasteiger partial charge in [-0.05, 0) is 49.1 Å². The molecule has 11 heteroatoms. The lowest BCUT2D eigenvalue weighted by Crippen LogP contribution is -2.42. The molecule has 0 unspecified atom stereocenters. The quantitative estimate of drug-likeness (QED) is 0.609. The molecular formula is C22H22F3N5O3. The Labute approximate surface area is 187 Å². The highest BCUT2D eigenvalue weighted by Crippen LogP contribution is 2.27. The summed E-state index contributed by atoms with van der Waals surface area (Å²) in [5, 5.41) is 16.9. The first kappa shape index (κ1) is 22.7. The number of nitrogens with one attached hydrogen (secondary N) is 1. The summed E-state index contributed by atoms with van der Waals surface area (Å²) >= 11 is 0. The molecule has 1 atom stereocenters. The molecule has 0 aliphatic carbocycles. The largest absolute Gasteiger partial charge is 0.433 e. The fourth-order valence-electron chi connectivity index (χ4n) is 3.83. The smallest absolute Gasteiger partial charge is 0.396 e. The molecule has 2 aromatic heterocycles. The zero-order chi connectivity index (χ0) is 23.6. The number of likely N-dealkylation sites (tertiary alicyclic amines) is 1. The van der Waals surface area contributed by atoms with Gasteiger partial charge in [-0.15, -0.1) is 0 Å². The lowest BCUT2D eigenvalue weighted by molar-refractivity contribution is -0.141. The van der Waals surface area contributed by atoms with Crippen LogP contribution in [-0.4, -0.2) is 56.3 Å². The van der Waals surface area contributed by atoms with Crippen LogP contribution in [0.3, 0.4) is 0 Å². The summed E-state index contributed by atoms with van der Waals surface area (Å²) in [5.41, 5.74) is -0.534. The average Bonchev–Trinajstić information content (AvgIpc) is 3.20. The molecular weight excluding hydrogens is 439 g/mol. The Hall–Kier alpha value is -3.47. The van der Waals surface area contributed by atoms with Crippen molar-refractivity contribution in [2.24, 2.45) is 5.92 Å². The second-order valence-corrected chi connectivity index (χ2v) is 7.99. The van der Waals surface area contributed by atoms with Gasteiger partial charge in [0.15, 0.2) is 0 Å². The van der Waals surface area contributed by atoms with Crippen molar-refractivity contribution in [2.75, 3.05) is 25.0 Å². The summed E-state index contributed by atoms with van der Waals surface area (Å²) in [5.74, 6) is -0.770. The molecule has 2 N–H and O–H groups in total. The van der Waals surface area contributed by atoms with Crippen molar-refractivity contribution in [3.05, 3.63) is 54.0 Å². The minimum atomic E-state index is -4.64. The van der Waals surface area contributed by atoms with E-state index in [4.69, 9.17) is 0 Å². The summed E-state index contributed by atoms with van der Waals surface area (Å²) in [4.78, 5) is 30.1. The Bertz CT molecular complexity index is 1180. The Balaban J connectivity index is 1.45. The van der Waals surface area contributed by atoms with E-state index in [9.17, 15) is 27.9 Å². The molecule has 4 rings (SSSR count). The third-order valence-corrected chi connectivity index (χ3v) is 5.51. The maximum absolute atomic E-state index is 12.8. The van der Waals surface area contributed by atoms with Gasteiger partial charge in [-0.1, -0.05) is 6.07 Å². The number of carbonyl (C=O) groups excluding carboxylic acids is 2. The number of fused-ring (bicyclic) bond motifs is 1. The van der Waals surface area contributed by atoms with Crippen LogP contribution < -0.4 is 5.32 Å². The predicted octanol–water partition coefficient (Wildman–Crippen LogP) is 2.93. The Kier molecular flexibility index (Phi) is 6.32. The summed E-state index contributed by atoms with van der Waals surface area (Å²) in [6, 6.07) is 7.97. The first-order valence-electron chi connectivity index (χ1n) is 10.4. The number of alkyl halides is 3. The molecule has 33 heavy (non-hydrogen) atoms. The van der Waals surface area contributed by atoms with Gasteiger partial charge in [-0.2, -0.15) is 18.3 Å². The van der Waals surface area contributed by atoms with E-state index < -0.39 is 17.8 Å². The molecule has 1 aliphatic heterocycles. The van der Waals surface area contributed by atoms with Crippen molar-refractivity contribution in [3.8, 4) is 0 Å². The molecule has 174 valence electrons. The number of hydrogen-bond acceptors (Lipinski definition) is 5. The van der Waals surface area contributed by atoms with Crippen molar-refractivity contribution in [1.82, 2.24) is 19.7 Å². The van der Waals surface area contributed by atoms with Crippen molar-refractivity contribution in [1.29, 1.82) is 0 Å². The number of anilines is 1. The van der Waals surface area contributed by atoms with E-state index in [2.05, 4.69) is 15.4 Å². The van der Waals surface area contributed by atoms with Gasteiger partial charge in [0, 0.05) is 37.0 Å². The van der Waals surface area contributed by atoms with Gasteiger partial charge in [0.05, 0.1) is 5.52 Å². The number of rotatable bonds is 5. The van der Waals surface area contributed by atoms with Crippen LogP contribution in [-0.2, 0) is 17.5 Å². The van der Waals surface area contributed by atoms with Crippen molar-refractivity contribution in [2.45, 2.75) is 25.6 Å². The first-order chi connectivity index (χ1) is 15.7. The van der Waals surface area contributed by atoms with E-state index in [1.807, 2.05) is 0 Å². The average molecular weight is 461 g/mol. The zero-order valence-corrected chi connectivity index (χ0v) is 17.5. The minimum Gasteiger partial charge on any atom is -0.396 e. The third-order valence-electron chi connectivity index (χ3n) is 5.51. The lowest BCUT2D eigenvalue weighted by Gasteiger charge is -2.31. The van der Waals surface area contributed by atoms with E-state index in [0.717, 1.165) is 25.0 Å². The summed E-state index contributed by atoms with van der Waals surface area (Å²) in [6.07, 6.45) is -1.23. The molecule has 0 radical (unpaired) electrons. The maximum Gasteiger partial charge on any atom is 0.433 e. The predicted molar refractivity (Wildman–Crippen MR) is 113 cm³/mol. The van der Waals surface area contributed by atoms with Gasteiger partial charge >= 0.3 is 6.18 Å². The number of pyridine rings is 1. The van der Waals surface area contributed by atoms with Gasteiger partial charge in [0.1, 0.15) is 17.9 Å². The van der Waals surface area contributed by atoms with Crippen molar-refractivity contribution in [3.63, 3.8) is 0 Å². The van der Waals surface area contributed by atoms with E-state index in [1.165, 1.54) is 10.7 Å². The fraction of sp³-hybridized carbons (Fsp3) is 0.364. The van der Waals surface area contributed by atoms with E-state index in [-0.39, 0.29) is 30.7 Å². The second-order valence-electron chi connectivity index (χ2n) is 7.99. The van der Waals surface area contributed by atoms with Gasteiger partial charge < -0.3 is 15.3 Å². The fourth-order valence-corrected chi connectivity index (χ4v) is 3.83. The highest BCUT2D eigenvalue weighted by atomic mass is 19.4. The highest BCUT2D eigenvalue weighted by Gasteiger charge is 2.33. The topological polar surface area (TPSA) is 100 Å². The Morgan fingerprint density at radius 2 is 2.03 bits per heavy atom. The summed E-state index contributed by atoms with van der Waals surface area (Å²) < 4.78 is 40.0. The normalized spacial score (nSPS) is 16.7. The minimum absolute atomic E-state index is 0.0443. The molecule has 0 saturated carbocycles. The van der Waals surface area contributed by atoms with Crippen LogP contribution >= 0.6 is 0 Å². The number of nitrogens with zero attached hydrogens (tertiary/aromatic N) is 4. The number of aromatic nitrogens is 3. The van der Waals surface area contributed by atoms with Crippen LogP contribution in [0.4, 0.5) is 18.9 Å². The molecule has 0 bridgehead atoms. The van der Waals surface area contributed by atoms with Gasteiger partial charge in [0.25, 0.3) is 5.91 Å². The molecule has 3 aromatic rings. The van der Waals surface area contributed by atoms with E-state index in [0.29, 0.717) is 29.7 Å². The maximum atomic E-state index is 12.8. The number of benzene rings is 1. The molecule has 8 nitrogen and oxygen atoms in total. The number of aliphatic hydroxyl groups is 1. The number of halogens is 3. The number of carbonyl (C=O) groups is 2. The summed E-state index contributed by atoms with van der Waals surface area (Å²) in [7, 11) is 0. The van der Waals surface area contributed by atoms with E-state index in [1.54, 1.807) is 29.3 Å². The number of aliphatic hydroxyl groups excluding tert-OH is 1. The standard InChI is InChI=1S/C22H22F3N5O3/c23-22(24,25)19-5-1-4-18(27-19)21(33)26-16-6-7-17-15(9-16)11-30(28-17)12-20(32)29-8-2-3-14(10-29)13-31/h1,4-7,9,11,14,31H,2-3,8,10,12-13H2,(H,26,33)/t14-/m0/s1. The van der Waals surface area contributed by atoms with Crippen LogP contribution in [0.1, 0.15) is 29.0 Å². The van der Waals surface area contributed by atoms with Gasteiger partial charge in [-0.3, -0.25) is 14.3 Å². The van der Waals surface area contributed by atoms with Crippen LogP contribution in [0.2, 0.25) is 0 Å². The van der Waals surface area contributed by atoms with Crippen molar-refractivity contribution < 1.29 is 27.9 Å². The van der Waals surface area contributed by atoms with E-state index >= 15 is 0 Å². The number of piperidine rings is 1. The molecule has 1 fully saturated rings. The summed E-state index contributed by atoms with van der Waals surface area (Å²) in [6.45, 7) is 1.27. The third kappa shape index (κ3) is 5.30. The monoisotopic (exact) mass is 461 g/mol. The molecule has 2 amide bonds. The van der Waals surface area contributed by atoms with Gasteiger partial charge in [-0.25, -0.2) is 4.98 Å². The Morgan fingerprint density at radius 1 is 1.21 bits per heavy atom. The number of hydrogen-bond donors (Lipinski definition) is 2. The van der Waals surface area contributed by atoms with Crippen LogP contribution in [0.25, 0.3) is 10.9 Å². The molecule has 1 saturated heterocycles. The molecule has 1 aliphatic rings. The lowest BCUT2D eigenvalue weighted by atomic mass is 9.99. The first-order valence-corrected chi connectivity index (χ1v) is 10.4. The van der Waals surface area contributed by atoms with Crippen LogP contribution in [0.15, 0.2) is 42.6 Å². The molecule has 3 heterocycles. The Morgan fingerprint density at radius 3 is 2.79 bits per heavy atom. The van der Waals surface area contributed by atoms with Crippen LogP contribution in [0.5, 0.6) is 0 Å². The highest BCUT2D eigenvalue weighted by molar-refractivity contribution is 6.03. The molecule has 1 aromatic carbocycles. The van der Waals surface area contributed by atoms with Gasteiger partial charge in [0.2, 0.25) is 5.91 Å². The van der Waals surface area contributed by atoms with Crippen LogP contribution in [0, 0.1) is 5.92 Å². The SMILES string of the molecule is O=C(Nc1ccc2nn(CC(=O)N3CCC[C@H](CO)C3)cc2c1)c1cccc(C(F)(F)F)n1. The zero-order valence-electron chi connectivity index (χ0n) is 17.5. The second kappa shape index (κ2) is 9.18. The molecule has 0 spiro atoms. The van der Waals surface area contributed by atoms with Crippen molar-refractivity contribution >= 4 is 28.4 Å².